The van der Waals surface area contributed by atoms with Crippen LogP contribution in [0.4, 0.5) is 4.79 Å². The number of carbonyl (C=O) groups is 3. The Morgan fingerprint density at radius 2 is 1.83 bits per heavy atom. The van der Waals surface area contributed by atoms with Crippen molar-refractivity contribution in [3.8, 4) is 0 Å². The van der Waals surface area contributed by atoms with Crippen LogP contribution < -0.4 is 0 Å². The van der Waals surface area contributed by atoms with Crippen LogP contribution in [0.2, 0.25) is 0 Å². The van der Waals surface area contributed by atoms with Crippen molar-refractivity contribution in [3.05, 3.63) is 0 Å². The fourth-order valence-corrected chi connectivity index (χ4v) is 3.63. The predicted octanol–water partition coefficient (Wildman–Crippen LogP) is 1.98. The van der Waals surface area contributed by atoms with E-state index in [4.69, 9.17) is 14.2 Å². The maximum Gasteiger partial charge on any atom is 0.411 e. The van der Waals surface area contributed by atoms with E-state index in [0.29, 0.717) is 6.61 Å². The van der Waals surface area contributed by atoms with Crippen LogP contribution in [-0.4, -0.2) is 54.8 Å². The van der Waals surface area contributed by atoms with Gasteiger partial charge in [-0.2, -0.15) is 0 Å². The number of fused-ring (bicyclic) bond motifs is 1. The summed E-state index contributed by atoms with van der Waals surface area (Å²) in [6.07, 6.45) is 1.05. The quantitative estimate of drug-likeness (QED) is 0.562. The van der Waals surface area contributed by atoms with Crippen LogP contribution in [0.5, 0.6) is 0 Å². The minimum absolute atomic E-state index is 0.0428. The average molecular weight is 341 g/mol. The fourth-order valence-electron chi connectivity index (χ4n) is 3.63. The summed E-state index contributed by atoms with van der Waals surface area (Å²) >= 11 is 0. The third-order valence-corrected chi connectivity index (χ3v) is 4.58. The monoisotopic (exact) mass is 341 g/mol. The lowest BCUT2D eigenvalue weighted by Crippen LogP contribution is -2.47. The standard InChI is InChI=1S/C17H27NO6/c1-6-23-15(20)14-10-7-8-11(13(10)14)18(9-12(19)22-5)16(21)24-17(2,3)4/h10-11,13-14H,6-9H2,1-5H3/t10-,11-,13-,14+/m1/s1. The van der Waals surface area contributed by atoms with E-state index in [1.54, 1.807) is 27.7 Å². The summed E-state index contributed by atoms with van der Waals surface area (Å²) < 4.78 is 15.2. The molecule has 0 N–H and O–H groups in total. The second-order valence-electron chi connectivity index (χ2n) is 7.35. The van der Waals surface area contributed by atoms with E-state index in [1.807, 2.05) is 0 Å². The van der Waals surface area contributed by atoms with Crippen LogP contribution in [0.15, 0.2) is 0 Å². The van der Waals surface area contributed by atoms with Gasteiger partial charge in [-0.05, 0) is 52.4 Å². The minimum Gasteiger partial charge on any atom is -0.468 e. The molecule has 2 rings (SSSR count). The van der Waals surface area contributed by atoms with E-state index in [9.17, 15) is 14.4 Å². The molecular formula is C17H27NO6. The Labute approximate surface area is 142 Å². The van der Waals surface area contributed by atoms with Gasteiger partial charge in [0.05, 0.1) is 19.6 Å². The van der Waals surface area contributed by atoms with Crippen LogP contribution in [0.1, 0.15) is 40.5 Å². The Morgan fingerprint density at radius 3 is 2.38 bits per heavy atom. The third-order valence-electron chi connectivity index (χ3n) is 4.58. The highest BCUT2D eigenvalue weighted by molar-refractivity contribution is 5.80. The number of rotatable bonds is 5. The zero-order chi connectivity index (χ0) is 18.1. The first-order chi connectivity index (χ1) is 11.2. The highest BCUT2D eigenvalue weighted by Crippen LogP contribution is 2.59. The lowest BCUT2D eigenvalue weighted by Gasteiger charge is -2.32. The lowest BCUT2D eigenvalue weighted by molar-refractivity contribution is -0.146. The number of hydrogen-bond donors (Lipinski definition) is 0. The van der Waals surface area contributed by atoms with E-state index in [0.717, 1.165) is 12.8 Å². The van der Waals surface area contributed by atoms with E-state index in [1.165, 1.54) is 12.0 Å². The molecule has 1 amide bonds. The van der Waals surface area contributed by atoms with Crippen molar-refractivity contribution in [2.45, 2.75) is 52.2 Å². The molecule has 7 nitrogen and oxygen atoms in total. The van der Waals surface area contributed by atoms with Gasteiger partial charge in [-0.15, -0.1) is 0 Å². The van der Waals surface area contributed by atoms with E-state index >= 15 is 0 Å². The largest absolute Gasteiger partial charge is 0.468 e. The summed E-state index contributed by atoms with van der Waals surface area (Å²) in [5.74, 6) is -0.610. The van der Waals surface area contributed by atoms with E-state index < -0.39 is 17.7 Å². The molecule has 0 unspecified atom stereocenters. The molecule has 2 aliphatic rings. The highest BCUT2D eigenvalue weighted by atomic mass is 16.6. The van der Waals surface area contributed by atoms with Crippen LogP contribution in [0, 0.1) is 17.8 Å². The molecule has 0 aromatic rings. The van der Waals surface area contributed by atoms with Crippen LogP contribution in [0.25, 0.3) is 0 Å². The summed E-state index contributed by atoms with van der Waals surface area (Å²) in [6.45, 7) is 7.27. The smallest absolute Gasteiger partial charge is 0.411 e. The molecule has 24 heavy (non-hydrogen) atoms. The number of amides is 1. The Kier molecular flexibility index (Phi) is 5.40. The average Bonchev–Trinajstić information content (AvgIpc) is 3.05. The van der Waals surface area contributed by atoms with Gasteiger partial charge in [0.2, 0.25) is 0 Å². The molecule has 0 aromatic heterocycles. The van der Waals surface area contributed by atoms with Gasteiger partial charge in [0, 0.05) is 6.04 Å². The maximum atomic E-state index is 12.5. The van der Waals surface area contributed by atoms with Crippen molar-refractivity contribution in [2.24, 2.45) is 17.8 Å². The van der Waals surface area contributed by atoms with Gasteiger partial charge in [-0.1, -0.05) is 0 Å². The molecule has 4 atom stereocenters. The minimum atomic E-state index is -0.659. The normalized spacial score (nSPS) is 27.9. The molecule has 0 spiro atoms. The van der Waals surface area contributed by atoms with Gasteiger partial charge in [0.1, 0.15) is 12.1 Å². The Balaban J connectivity index is 2.11. The van der Waals surface area contributed by atoms with Gasteiger partial charge in [-0.25, -0.2) is 4.79 Å². The Morgan fingerprint density at radius 1 is 1.17 bits per heavy atom. The van der Waals surface area contributed by atoms with Gasteiger partial charge in [-0.3, -0.25) is 14.5 Å². The van der Waals surface area contributed by atoms with E-state index in [-0.39, 0.29) is 36.3 Å². The van der Waals surface area contributed by atoms with Gasteiger partial charge >= 0.3 is 18.0 Å². The number of carbonyl (C=O) groups excluding carboxylic acids is 3. The molecule has 0 aromatic carbocycles. The number of methoxy groups -OCH3 is 1. The highest BCUT2D eigenvalue weighted by Gasteiger charge is 2.64. The van der Waals surface area contributed by atoms with Gasteiger partial charge in [0.15, 0.2) is 0 Å². The van der Waals surface area contributed by atoms with Crippen LogP contribution in [0.3, 0.4) is 0 Å². The first-order valence-corrected chi connectivity index (χ1v) is 8.42. The summed E-state index contributed by atoms with van der Waals surface area (Å²) in [6, 6.07) is -0.196. The zero-order valence-electron chi connectivity index (χ0n) is 15.0. The molecule has 0 heterocycles. The molecule has 136 valence electrons. The predicted molar refractivity (Wildman–Crippen MR) is 85.1 cm³/mol. The maximum absolute atomic E-state index is 12.5. The molecule has 7 heteroatoms. The number of nitrogens with zero attached hydrogens (tertiary/aromatic N) is 1. The van der Waals surface area contributed by atoms with Crippen molar-refractivity contribution in [1.82, 2.24) is 4.90 Å². The molecule has 0 saturated heterocycles. The SMILES string of the molecule is CCOC(=O)[C@H]1[C@@H]2CC[C@@H](N(CC(=O)OC)C(=O)OC(C)(C)C)[C@@H]21. The molecule has 0 aliphatic heterocycles. The summed E-state index contributed by atoms with van der Waals surface area (Å²) in [4.78, 5) is 37.7. The lowest BCUT2D eigenvalue weighted by atomic mass is 10.1. The first-order valence-electron chi connectivity index (χ1n) is 8.42. The fraction of sp³-hybridized carbons (Fsp3) is 0.824. The summed E-state index contributed by atoms with van der Waals surface area (Å²) in [5.41, 5.74) is -0.659. The van der Waals surface area contributed by atoms with Gasteiger partial charge < -0.3 is 14.2 Å². The van der Waals surface area contributed by atoms with Crippen molar-refractivity contribution in [3.63, 3.8) is 0 Å². The Bertz CT molecular complexity index is 512. The molecule has 0 bridgehead atoms. The van der Waals surface area contributed by atoms with Gasteiger partial charge in [0.25, 0.3) is 0 Å². The van der Waals surface area contributed by atoms with Crippen LogP contribution in [-0.2, 0) is 23.8 Å². The topological polar surface area (TPSA) is 82.1 Å². The molecule has 2 aliphatic carbocycles. The van der Waals surface area contributed by atoms with Crippen molar-refractivity contribution in [2.75, 3.05) is 20.3 Å². The zero-order valence-corrected chi connectivity index (χ0v) is 15.0. The number of hydrogen-bond acceptors (Lipinski definition) is 6. The van der Waals surface area contributed by atoms with Crippen LogP contribution >= 0.6 is 0 Å². The number of ether oxygens (including phenoxy) is 3. The molecule has 2 saturated carbocycles. The second kappa shape index (κ2) is 6.99. The molecular weight excluding hydrogens is 314 g/mol. The van der Waals surface area contributed by atoms with Crippen molar-refractivity contribution < 1.29 is 28.6 Å². The second-order valence-corrected chi connectivity index (χ2v) is 7.35. The molecule has 0 radical (unpaired) electrons. The molecule has 2 fully saturated rings. The third kappa shape index (κ3) is 3.99. The van der Waals surface area contributed by atoms with E-state index in [2.05, 4.69) is 0 Å². The van der Waals surface area contributed by atoms with Crippen molar-refractivity contribution in [1.29, 1.82) is 0 Å². The first kappa shape index (κ1) is 18.5. The summed E-state index contributed by atoms with van der Waals surface area (Å²) in [5, 5.41) is 0. The summed E-state index contributed by atoms with van der Waals surface area (Å²) in [7, 11) is 1.28. The number of esters is 2. The van der Waals surface area contributed by atoms with Crippen molar-refractivity contribution >= 4 is 18.0 Å². The Hall–Kier alpha value is -1.79.